The average Bonchev–Trinajstić information content (AvgIpc) is 2.90. The molecule has 116 valence electrons. The summed E-state index contributed by atoms with van der Waals surface area (Å²) < 4.78 is 18.5. The van der Waals surface area contributed by atoms with E-state index in [-0.39, 0.29) is 11.8 Å². The summed E-state index contributed by atoms with van der Waals surface area (Å²) in [4.78, 5) is 18.5. The smallest absolute Gasteiger partial charge is 0.313 e. The number of halogens is 1. The van der Waals surface area contributed by atoms with Gasteiger partial charge in [-0.25, -0.2) is 4.39 Å². The molecule has 1 saturated heterocycles. The van der Waals surface area contributed by atoms with E-state index >= 15 is 0 Å². The lowest BCUT2D eigenvalue weighted by molar-refractivity contribution is -0.153. The Morgan fingerprint density at radius 3 is 3.05 bits per heavy atom. The van der Waals surface area contributed by atoms with Gasteiger partial charge in [-0.1, -0.05) is 0 Å². The number of pyridine rings is 1. The van der Waals surface area contributed by atoms with Crippen LogP contribution >= 0.6 is 0 Å². The van der Waals surface area contributed by atoms with E-state index in [0.29, 0.717) is 18.7 Å². The van der Waals surface area contributed by atoms with Crippen molar-refractivity contribution in [3.8, 4) is 0 Å². The number of nitrogens with zero attached hydrogens (tertiary/aromatic N) is 2. The number of carbonyl (C=O) groups is 1. The zero-order chi connectivity index (χ0) is 15.7. The monoisotopic (exact) mass is 302 g/mol. The highest BCUT2D eigenvalue weighted by atomic mass is 19.1. The van der Waals surface area contributed by atoms with E-state index in [9.17, 15) is 9.18 Å². The summed E-state index contributed by atoms with van der Waals surface area (Å²) in [6.07, 6.45) is 2.42. The zero-order valence-corrected chi connectivity index (χ0v) is 12.8. The van der Waals surface area contributed by atoms with Crippen molar-refractivity contribution in [1.29, 1.82) is 0 Å². The fraction of sp³-hybridized carbons (Fsp3) is 0.412. The van der Waals surface area contributed by atoms with Crippen LogP contribution in [0.1, 0.15) is 20.3 Å². The third-order valence-corrected chi connectivity index (χ3v) is 4.26. The predicted molar refractivity (Wildman–Crippen MR) is 83.3 cm³/mol. The van der Waals surface area contributed by atoms with Gasteiger partial charge in [0.25, 0.3) is 0 Å². The van der Waals surface area contributed by atoms with Crippen LogP contribution in [-0.4, -0.2) is 30.6 Å². The maximum absolute atomic E-state index is 13.3. The largest absolute Gasteiger partial charge is 0.466 e. The van der Waals surface area contributed by atoms with Crippen LogP contribution in [0, 0.1) is 11.2 Å². The van der Waals surface area contributed by atoms with E-state index in [4.69, 9.17) is 4.74 Å². The van der Waals surface area contributed by atoms with Crippen molar-refractivity contribution in [2.45, 2.75) is 20.3 Å². The van der Waals surface area contributed by atoms with Gasteiger partial charge in [0, 0.05) is 36.4 Å². The van der Waals surface area contributed by atoms with Crippen molar-refractivity contribution >= 4 is 22.6 Å². The molecule has 0 N–H and O–H groups in total. The van der Waals surface area contributed by atoms with Gasteiger partial charge < -0.3 is 9.64 Å². The molecule has 1 aliphatic rings. The summed E-state index contributed by atoms with van der Waals surface area (Å²) in [5.41, 5.74) is 1.12. The molecule has 2 aromatic rings. The molecule has 1 unspecified atom stereocenters. The molecule has 5 heteroatoms. The Kier molecular flexibility index (Phi) is 3.72. The first kappa shape index (κ1) is 14.8. The first-order chi connectivity index (χ1) is 10.5. The summed E-state index contributed by atoms with van der Waals surface area (Å²) in [5, 5.41) is 0.900. The third-order valence-electron chi connectivity index (χ3n) is 4.26. The maximum Gasteiger partial charge on any atom is 0.313 e. The molecule has 0 bridgehead atoms. The summed E-state index contributed by atoms with van der Waals surface area (Å²) >= 11 is 0. The lowest BCUT2D eigenvalue weighted by atomic mass is 9.90. The summed E-state index contributed by atoms with van der Waals surface area (Å²) in [5.74, 6) is -0.447. The number of anilines is 1. The molecule has 22 heavy (non-hydrogen) atoms. The zero-order valence-electron chi connectivity index (χ0n) is 12.8. The van der Waals surface area contributed by atoms with Gasteiger partial charge in [0.05, 0.1) is 17.5 Å². The number of carbonyl (C=O) groups excluding carboxylic acids is 1. The molecule has 1 aromatic carbocycles. The van der Waals surface area contributed by atoms with Crippen LogP contribution in [0.2, 0.25) is 0 Å². The number of hydrogen-bond acceptors (Lipinski definition) is 4. The number of esters is 1. The number of rotatable bonds is 3. The van der Waals surface area contributed by atoms with Gasteiger partial charge in [0.1, 0.15) is 5.82 Å². The van der Waals surface area contributed by atoms with E-state index in [0.717, 1.165) is 24.0 Å². The Labute approximate surface area is 128 Å². The van der Waals surface area contributed by atoms with E-state index in [1.165, 1.54) is 12.1 Å². The van der Waals surface area contributed by atoms with Crippen LogP contribution in [0.15, 0.2) is 30.5 Å². The molecule has 0 saturated carbocycles. The molecule has 3 rings (SSSR count). The number of aromatic nitrogens is 1. The fourth-order valence-corrected chi connectivity index (χ4v) is 3.02. The Bertz CT molecular complexity index is 719. The Hall–Kier alpha value is -2.17. The van der Waals surface area contributed by atoms with Crippen molar-refractivity contribution in [3.05, 3.63) is 36.3 Å². The van der Waals surface area contributed by atoms with Crippen LogP contribution in [0.3, 0.4) is 0 Å². The topological polar surface area (TPSA) is 42.4 Å². The highest BCUT2D eigenvalue weighted by Crippen LogP contribution is 2.36. The third kappa shape index (κ3) is 2.51. The second kappa shape index (κ2) is 5.55. The van der Waals surface area contributed by atoms with E-state index < -0.39 is 5.41 Å². The van der Waals surface area contributed by atoms with Gasteiger partial charge in [0.2, 0.25) is 0 Å². The minimum Gasteiger partial charge on any atom is -0.466 e. The Morgan fingerprint density at radius 1 is 1.45 bits per heavy atom. The molecule has 0 aliphatic carbocycles. The van der Waals surface area contributed by atoms with Crippen LogP contribution in [0.4, 0.5) is 10.1 Å². The lowest BCUT2D eigenvalue weighted by Crippen LogP contribution is -2.33. The van der Waals surface area contributed by atoms with Crippen LogP contribution < -0.4 is 4.90 Å². The minimum atomic E-state index is -0.494. The molecule has 1 aromatic heterocycles. The van der Waals surface area contributed by atoms with Gasteiger partial charge >= 0.3 is 5.97 Å². The molecular formula is C17H19FN2O2. The van der Waals surface area contributed by atoms with Crippen molar-refractivity contribution < 1.29 is 13.9 Å². The van der Waals surface area contributed by atoms with Gasteiger partial charge in [-0.05, 0) is 38.5 Å². The van der Waals surface area contributed by atoms with E-state index in [2.05, 4.69) is 9.88 Å². The molecular weight excluding hydrogens is 283 g/mol. The molecule has 2 heterocycles. The lowest BCUT2D eigenvalue weighted by Gasteiger charge is -2.24. The molecule has 0 radical (unpaired) electrons. The molecule has 4 nitrogen and oxygen atoms in total. The number of hydrogen-bond donors (Lipinski definition) is 0. The highest BCUT2D eigenvalue weighted by Gasteiger charge is 2.42. The van der Waals surface area contributed by atoms with Crippen LogP contribution in [0.5, 0.6) is 0 Å². The summed E-state index contributed by atoms with van der Waals surface area (Å²) in [6, 6.07) is 6.53. The maximum atomic E-state index is 13.3. The summed E-state index contributed by atoms with van der Waals surface area (Å²) in [7, 11) is 0. The number of benzene rings is 1. The van der Waals surface area contributed by atoms with Gasteiger partial charge in [-0.15, -0.1) is 0 Å². The quantitative estimate of drug-likeness (QED) is 0.817. The van der Waals surface area contributed by atoms with E-state index in [1.54, 1.807) is 12.3 Å². The molecule has 0 spiro atoms. The predicted octanol–water partition coefficient (Wildman–Crippen LogP) is 3.15. The second-order valence-corrected chi connectivity index (χ2v) is 5.94. The molecule has 1 atom stereocenters. The number of ether oxygens (including phenoxy) is 1. The van der Waals surface area contributed by atoms with Crippen LogP contribution in [0.25, 0.3) is 10.9 Å². The van der Waals surface area contributed by atoms with Crippen molar-refractivity contribution in [1.82, 2.24) is 4.98 Å². The average molecular weight is 302 g/mol. The SMILES string of the molecule is CCOC(=O)C1(C)CCN(c2ccnc3cc(F)ccc23)C1. The first-order valence-corrected chi connectivity index (χ1v) is 7.50. The standard InChI is InChI=1S/C17H19FN2O2/c1-3-22-16(21)17(2)7-9-20(11-17)15-6-8-19-14-10-12(18)4-5-13(14)15/h4-6,8,10H,3,7,9,11H2,1-2H3. The Balaban J connectivity index is 1.92. The molecule has 0 amide bonds. The summed E-state index contributed by atoms with van der Waals surface area (Å²) in [6.45, 7) is 5.52. The Morgan fingerprint density at radius 2 is 2.27 bits per heavy atom. The van der Waals surface area contributed by atoms with Gasteiger partial charge in [0.15, 0.2) is 0 Å². The van der Waals surface area contributed by atoms with E-state index in [1.807, 2.05) is 19.9 Å². The van der Waals surface area contributed by atoms with Crippen molar-refractivity contribution in [2.24, 2.45) is 5.41 Å². The van der Waals surface area contributed by atoms with Crippen LogP contribution in [-0.2, 0) is 9.53 Å². The van der Waals surface area contributed by atoms with Gasteiger partial charge in [-0.3, -0.25) is 9.78 Å². The molecule has 1 aliphatic heterocycles. The minimum absolute atomic E-state index is 0.151. The van der Waals surface area contributed by atoms with Crippen molar-refractivity contribution in [3.63, 3.8) is 0 Å². The van der Waals surface area contributed by atoms with Crippen molar-refractivity contribution in [2.75, 3.05) is 24.6 Å². The normalized spacial score (nSPS) is 21.3. The fourth-order valence-electron chi connectivity index (χ4n) is 3.02. The molecule has 1 fully saturated rings. The first-order valence-electron chi connectivity index (χ1n) is 7.50. The highest BCUT2D eigenvalue weighted by molar-refractivity contribution is 5.92. The number of fused-ring (bicyclic) bond motifs is 1. The van der Waals surface area contributed by atoms with Gasteiger partial charge in [-0.2, -0.15) is 0 Å². The second-order valence-electron chi connectivity index (χ2n) is 5.94.